The third-order valence-corrected chi connectivity index (χ3v) is 18.4. The normalized spacial score (nSPS) is 15.1. The predicted octanol–water partition coefficient (Wildman–Crippen LogP) is 16.9. The van der Waals surface area contributed by atoms with E-state index < -0.39 is 5.41 Å². The summed E-state index contributed by atoms with van der Waals surface area (Å²) in [6.45, 7) is 21.0. The van der Waals surface area contributed by atoms with Gasteiger partial charge in [-0.25, -0.2) is 0 Å². The quantitative estimate of drug-likeness (QED) is 0.163. The van der Waals surface area contributed by atoms with E-state index in [-0.39, 0.29) is 23.0 Å². The second kappa shape index (κ2) is 15.9. The zero-order valence-electron chi connectivity index (χ0n) is 44.2. The highest BCUT2D eigenvalue weighted by Gasteiger charge is 2.51. The van der Waals surface area contributed by atoms with Gasteiger partial charge in [-0.1, -0.05) is 196 Å². The Morgan fingerprint density at radius 1 is 0.486 bits per heavy atom. The molecule has 74 heavy (non-hydrogen) atoms. The van der Waals surface area contributed by atoms with Gasteiger partial charge in [-0.3, -0.25) is 0 Å². The maximum atomic E-state index is 7.68. The molecule has 4 heteroatoms. The summed E-state index contributed by atoms with van der Waals surface area (Å²) >= 11 is 1.91. The fourth-order valence-electron chi connectivity index (χ4n) is 13.5. The van der Waals surface area contributed by atoms with Crippen molar-refractivity contribution in [3.8, 4) is 33.8 Å². The van der Waals surface area contributed by atoms with E-state index in [1.807, 2.05) is 11.3 Å². The first-order valence-electron chi connectivity index (χ1n) is 26.9. The summed E-state index contributed by atoms with van der Waals surface area (Å²) in [7, 11) is 0. The van der Waals surface area contributed by atoms with Crippen LogP contribution in [0.15, 0.2) is 176 Å². The number of aryl methyl sites for hydroxylation is 1. The van der Waals surface area contributed by atoms with Crippen LogP contribution in [0.2, 0.25) is 0 Å². The standard InChI is InChI=1S/C70H62BNOS/c1-67(2,3)45-31-34-58(54(36-45)52-28-19-27-51-49-25-16-17-29-63(49)74-66(51)52)72-59-35-32-46(68(4,5)6)37-56(59)71-57-40-53-50-33-30-42-20-18-26-48(42)64(50)70(43-21-12-10-13-22-43,44-23-14-11-15-24-44)55(53)41-61(57)73-62-39-47(69(7,8)9)38-60(72)65(62)71/h10-17,19,21-25,27-41H,18,20,26H2,1-9H3. The highest BCUT2D eigenvalue weighted by atomic mass is 32.1. The van der Waals surface area contributed by atoms with Crippen molar-refractivity contribution >= 4 is 71.7 Å². The zero-order valence-corrected chi connectivity index (χ0v) is 45.0. The average Bonchev–Trinajstić information content (AvgIpc) is 4.14. The molecule has 0 amide bonds. The number of nitrogens with zero attached hydrogens (tertiary/aromatic N) is 1. The molecule has 9 aromatic carbocycles. The molecule has 0 atom stereocenters. The lowest BCUT2D eigenvalue weighted by Gasteiger charge is -2.43. The molecule has 0 saturated carbocycles. The number of thiophene rings is 1. The van der Waals surface area contributed by atoms with Gasteiger partial charge in [0.15, 0.2) is 0 Å². The van der Waals surface area contributed by atoms with E-state index in [2.05, 4.69) is 243 Å². The number of ether oxygens (including phenoxy) is 1. The molecular weight excluding hydrogens is 914 g/mol. The van der Waals surface area contributed by atoms with Gasteiger partial charge in [-0.15, -0.1) is 11.3 Å². The van der Waals surface area contributed by atoms with E-state index in [0.29, 0.717) is 0 Å². The minimum absolute atomic E-state index is 0.0612. The Morgan fingerprint density at radius 3 is 1.86 bits per heavy atom. The molecule has 4 aliphatic rings. The number of rotatable bonds is 4. The summed E-state index contributed by atoms with van der Waals surface area (Å²) in [6.07, 6.45) is 3.39. The van der Waals surface area contributed by atoms with Gasteiger partial charge < -0.3 is 9.64 Å². The van der Waals surface area contributed by atoms with Crippen LogP contribution in [0.3, 0.4) is 0 Å². The van der Waals surface area contributed by atoms with Gasteiger partial charge in [-0.2, -0.15) is 0 Å². The van der Waals surface area contributed by atoms with Crippen LogP contribution in [-0.2, 0) is 34.5 Å². The second-order valence-electron chi connectivity index (χ2n) is 24.7. The molecule has 0 saturated heterocycles. The largest absolute Gasteiger partial charge is 0.458 e. The zero-order chi connectivity index (χ0) is 50.6. The molecule has 1 aromatic heterocycles. The Labute approximate surface area is 441 Å². The molecule has 0 radical (unpaired) electrons. The van der Waals surface area contributed by atoms with Crippen molar-refractivity contribution in [1.29, 1.82) is 0 Å². The summed E-state index contributed by atoms with van der Waals surface area (Å²) in [5, 5.41) is 2.62. The number of fused-ring (bicyclic) bond motifs is 12. The summed E-state index contributed by atoms with van der Waals surface area (Å²) in [5.41, 5.74) is 24.0. The molecule has 3 heterocycles. The summed E-state index contributed by atoms with van der Waals surface area (Å²) in [6, 6.07) is 68.0. The van der Waals surface area contributed by atoms with Crippen LogP contribution in [-0.4, -0.2) is 6.71 Å². The SMILES string of the molecule is CC(C)(C)c1ccc2c(c1)B1c3cc4c(cc3Oc3cc(C(C)(C)C)cc(c31)N2c1ccc(C(C)(C)C)cc1-c1cccc2c1sc1ccccc12)C(c1ccccc1)(c1ccccc1)c1c-4ccc2c1CCC2. The van der Waals surface area contributed by atoms with Crippen molar-refractivity contribution in [2.45, 2.75) is 103 Å². The van der Waals surface area contributed by atoms with Gasteiger partial charge in [0.1, 0.15) is 11.5 Å². The first kappa shape index (κ1) is 45.5. The third-order valence-electron chi connectivity index (χ3n) is 17.2. The van der Waals surface area contributed by atoms with Crippen molar-refractivity contribution in [3.05, 3.63) is 226 Å². The summed E-state index contributed by atoms with van der Waals surface area (Å²) < 4.78 is 10.3. The molecule has 0 unspecified atom stereocenters. The molecule has 362 valence electrons. The van der Waals surface area contributed by atoms with Crippen LogP contribution in [0.4, 0.5) is 17.1 Å². The second-order valence-corrected chi connectivity index (χ2v) is 25.8. The summed E-state index contributed by atoms with van der Waals surface area (Å²) in [4.78, 5) is 2.62. The Balaban J connectivity index is 1.08. The van der Waals surface area contributed by atoms with E-state index in [9.17, 15) is 0 Å². The van der Waals surface area contributed by atoms with Crippen LogP contribution in [0.5, 0.6) is 11.5 Å². The van der Waals surface area contributed by atoms with Gasteiger partial charge >= 0.3 is 0 Å². The maximum Gasteiger partial charge on any atom is 0.256 e. The summed E-state index contributed by atoms with van der Waals surface area (Å²) in [5.74, 6) is 1.90. The van der Waals surface area contributed by atoms with E-state index in [1.54, 1.807) is 0 Å². The molecule has 0 fully saturated rings. The predicted molar refractivity (Wildman–Crippen MR) is 316 cm³/mol. The van der Waals surface area contributed by atoms with Crippen LogP contribution in [0, 0.1) is 0 Å². The number of hydrogen-bond acceptors (Lipinski definition) is 3. The number of hydrogen-bond donors (Lipinski definition) is 0. The Bertz CT molecular complexity index is 3930. The average molecular weight is 976 g/mol. The van der Waals surface area contributed by atoms with E-state index in [0.717, 1.165) is 24.3 Å². The third kappa shape index (κ3) is 6.56. The molecule has 2 nitrogen and oxygen atoms in total. The number of anilines is 3. The van der Waals surface area contributed by atoms with Crippen LogP contribution < -0.4 is 26.0 Å². The Morgan fingerprint density at radius 2 is 1.15 bits per heavy atom. The molecule has 10 aromatic rings. The van der Waals surface area contributed by atoms with E-state index >= 15 is 0 Å². The van der Waals surface area contributed by atoms with Crippen molar-refractivity contribution < 1.29 is 4.74 Å². The highest BCUT2D eigenvalue weighted by Crippen LogP contribution is 2.60. The van der Waals surface area contributed by atoms with Gasteiger partial charge in [-0.05, 0) is 156 Å². The number of benzene rings is 9. The highest BCUT2D eigenvalue weighted by molar-refractivity contribution is 7.26. The smallest absolute Gasteiger partial charge is 0.256 e. The monoisotopic (exact) mass is 975 g/mol. The van der Waals surface area contributed by atoms with Gasteiger partial charge in [0, 0.05) is 42.7 Å². The lowest BCUT2D eigenvalue weighted by Crippen LogP contribution is -2.60. The van der Waals surface area contributed by atoms with Gasteiger partial charge in [0.05, 0.1) is 11.1 Å². The molecular formula is C70H62BNOS. The molecule has 2 aliphatic heterocycles. The molecule has 2 aliphatic carbocycles. The fourth-order valence-corrected chi connectivity index (χ4v) is 14.7. The Kier molecular flexibility index (Phi) is 9.79. The minimum atomic E-state index is -0.520. The van der Waals surface area contributed by atoms with Crippen molar-refractivity contribution in [2.24, 2.45) is 0 Å². The first-order valence-corrected chi connectivity index (χ1v) is 27.7. The van der Waals surface area contributed by atoms with Gasteiger partial charge in [0.25, 0.3) is 6.71 Å². The molecule has 14 rings (SSSR count). The maximum absolute atomic E-state index is 7.68. The van der Waals surface area contributed by atoms with E-state index in [1.165, 1.54) is 132 Å². The molecule has 0 spiro atoms. The molecule has 0 bridgehead atoms. The minimum Gasteiger partial charge on any atom is -0.458 e. The lowest BCUT2D eigenvalue weighted by atomic mass is 9.33. The van der Waals surface area contributed by atoms with Crippen LogP contribution >= 0.6 is 11.3 Å². The van der Waals surface area contributed by atoms with Gasteiger partial charge in [0.2, 0.25) is 0 Å². The fraction of sp³-hybridized carbons (Fsp3) is 0.229. The Hall–Kier alpha value is -7.14. The van der Waals surface area contributed by atoms with E-state index in [4.69, 9.17) is 4.74 Å². The molecule has 0 N–H and O–H groups in total. The lowest BCUT2D eigenvalue weighted by molar-refractivity contribution is 0.482. The topological polar surface area (TPSA) is 12.5 Å². The van der Waals surface area contributed by atoms with Crippen LogP contribution in [0.25, 0.3) is 42.4 Å². The first-order chi connectivity index (χ1) is 35.6. The van der Waals surface area contributed by atoms with Crippen molar-refractivity contribution in [3.63, 3.8) is 0 Å². The van der Waals surface area contributed by atoms with Crippen molar-refractivity contribution in [2.75, 3.05) is 4.90 Å². The van der Waals surface area contributed by atoms with Crippen molar-refractivity contribution in [1.82, 2.24) is 0 Å². The van der Waals surface area contributed by atoms with Crippen LogP contribution in [0.1, 0.15) is 119 Å².